The number of ether oxygens (including phenoxy) is 2. The molecule has 2 aliphatic heterocycles. The number of aliphatic carboxylic acids is 1. The fourth-order valence-corrected chi connectivity index (χ4v) is 6.71. The lowest BCUT2D eigenvalue weighted by atomic mass is 9.51. The number of benzene rings is 1. The number of halogens is 2. The first-order valence-electron chi connectivity index (χ1n) is 10.7. The molecule has 0 radical (unpaired) electrons. The number of carbonyl (C=O) groups is 1. The fourth-order valence-electron chi connectivity index (χ4n) is 6.71. The van der Waals surface area contributed by atoms with Crippen molar-refractivity contribution < 1.29 is 24.5 Å². The molecule has 5 atom stereocenters. The number of likely N-dealkylation sites (N-methyl/N-ethyl adjacent to an activating group) is 1. The third-order valence-electron chi connectivity index (χ3n) is 7.88. The first-order valence-corrected chi connectivity index (χ1v) is 10.7. The van der Waals surface area contributed by atoms with Gasteiger partial charge in [-0.1, -0.05) is 0 Å². The molecule has 5 rings (SSSR count). The predicted molar refractivity (Wildman–Crippen MR) is 121 cm³/mol. The third-order valence-corrected chi connectivity index (χ3v) is 7.88. The maximum Gasteiger partial charge on any atom is 0.303 e. The van der Waals surface area contributed by atoms with Crippen LogP contribution in [0, 0.1) is 5.92 Å². The molecular weight excluding hydrogens is 443 g/mol. The quantitative estimate of drug-likeness (QED) is 0.545. The Morgan fingerprint density at radius 2 is 2.16 bits per heavy atom. The van der Waals surface area contributed by atoms with Gasteiger partial charge in [-0.25, -0.2) is 0 Å². The Morgan fingerprint density at radius 1 is 1.39 bits per heavy atom. The first kappa shape index (κ1) is 24.2. The van der Waals surface area contributed by atoms with Crippen molar-refractivity contribution in [2.45, 2.75) is 62.1 Å². The summed E-state index contributed by atoms with van der Waals surface area (Å²) in [7, 11) is 3.89. The van der Waals surface area contributed by atoms with Crippen LogP contribution in [0.2, 0.25) is 0 Å². The number of phenols is 1. The Hall–Kier alpha value is -1.41. The van der Waals surface area contributed by atoms with Crippen LogP contribution in [0.25, 0.3) is 0 Å². The number of nitrogens with one attached hydrogen (secondary N) is 1. The highest BCUT2D eigenvalue weighted by Crippen LogP contribution is 2.65. The molecule has 2 fully saturated rings. The van der Waals surface area contributed by atoms with E-state index in [9.17, 15) is 9.90 Å². The predicted octanol–water partition coefficient (Wildman–Crippen LogP) is 2.74. The molecule has 1 saturated heterocycles. The van der Waals surface area contributed by atoms with Crippen molar-refractivity contribution in [1.82, 2.24) is 10.2 Å². The van der Waals surface area contributed by atoms with Gasteiger partial charge in [0.15, 0.2) is 11.5 Å². The van der Waals surface area contributed by atoms with E-state index in [1.54, 1.807) is 13.2 Å². The Bertz CT molecular complexity index is 854. The van der Waals surface area contributed by atoms with Crippen LogP contribution >= 0.6 is 24.8 Å². The van der Waals surface area contributed by atoms with Crippen LogP contribution in [0.15, 0.2) is 6.07 Å². The number of piperidine rings is 1. The van der Waals surface area contributed by atoms with Crippen LogP contribution in [0.1, 0.15) is 43.2 Å². The number of aromatic hydroxyl groups is 1. The summed E-state index contributed by atoms with van der Waals surface area (Å²) in [6.07, 6.45) is 4.81. The molecular formula is C22H32Cl2N2O5. The highest BCUT2D eigenvalue weighted by atomic mass is 35.5. The monoisotopic (exact) mass is 474 g/mol. The molecule has 2 heterocycles. The molecule has 1 spiro atoms. The SMILES string of the molecule is COc1cc(O)c2c3c1C[C@@H]1[C@@H]4CC[C@@H](NCCCC(=O)O)[C@H](O2)[C@]34CCN1C.Cl.Cl. The van der Waals surface area contributed by atoms with Gasteiger partial charge in [-0.2, -0.15) is 0 Å². The molecule has 2 aliphatic carbocycles. The van der Waals surface area contributed by atoms with Gasteiger partial charge in [0, 0.05) is 41.1 Å². The maximum absolute atomic E-state index is 10.8. The van der Waals surface area contributed by atoms with Crippen LogP contribution in [0.4, 0.5) is 0 Å². The van der Waals surface area contributed by atoms with Gasteiger partial charge in [0.2, 0.25) is 0 Å². The number of carboxylic acids is 1. The lowest BCUT2D eigenvalue weighted by molar-refractivity contribution is -0.137. The van der Waals surface area contributed by atoms with Crippen molar-refractivity contribution >= 4 is 30.8 Å². The van der Waals surface area contributed by atoms with Crippen LogP contribution < -0.4 is 14.8 Å². The third kappa shape index (κ3) is 3.45. The van der Waals surface area contributed by atoms with Gasteiger partial charge < -0.3 is 29.9 Å². The molecule has 4 aliphatic rings. The van der Waals surface area contributed by atoms with Gasteiger partial charge in [-0.05, 0) is 58.2 Å². The number of hydrogen-bond acceptors (Lipinski definition) is 6. The van der Waals surface area contributed by atoms with Crippen LogP contribution in [-0.4, -0.2) is 66.5 Å². The number of likely N-dealkylation sites (tertiary alicyclic amines) is 1. The average Bonchev–Trinajstić information content (AvgIpc) is 3.05. The Morgan fingerprint density at radius 3 is 2.87 bits per heavy atom. The molecule has 7 nitrogen and oxygen atoms in total. The number of rotatable bonds is 6. The number of methoxy groups -OCH3 is 1. The van der Waals surface area contributed by atoms with Crippen molar-refractivity contribution in [3.05, 3.63) is 17.2 Å². The van der Waals surface area contributed by atoms with Gasteiger partial charge in [-0.15, -0.1) is 24.8 Å². The van der Waals surface area contributed by atoms with Gasteiger partial charge in [0.1, 0.15) is 11.9 Å². The summed E-state index contributed by atoms with van der Waals surface area (Å²) >= 11 is 0. The normalized spacial score (nSPS) is 32.2. The van der Waals surface area contributed by atoms with Gasteiger partial charge >= 0.3 is 5.97 Å². The highest BCUT2D eigenvalue weighted by molar-refractivity contribution is 5.85. The van der Waals surface area contributed by atoms with Crippen LogP contribution in [0.3, 0.4) is 0 Å². The lowest BCUT2D eigenvalue weighted by Gasteiger charge is -2.59. The minimum absolute atomic E-state index is 0. The van der Waals surface area contributed by atoms with Gasteiger partial charge in [-0.3, -0.25) is 4.79 Å². The van der Waals surface area contributed by atoms with E-state index in [2.05, 4.69) is 17.3 Å². The largest absolute Gasteiger partial charge is 0.504 e. The zero-order valence-electron chi connectivity index (χ0n) is 17.9. The zero-order chi connectivity index (χ0) is 20.3. The van der Waals surface area contributed by atoms with Crippen molar-refractivity contribution in [3.8, 4) is 17.2 Å². The fraction of sp³-hybridized carbons (Fsp3) is 0.682. The summed E-state index contributed by atoms with van der Waals surface area (Å²) in [5.74, 6) is 1.33. The molecule has 2 bridgehead atoms. The molecule has 1 aromatic rings. The van der Waals surface area contributed by atoms with E-state index in [1.165, 1.54) is 11.1 Å². The standard InChI is InChI=1S/C22H30N2O5.2ClH/c1-24-9-7-22-13-5-6-14(23-8-3-4-18(26)27)21(22)29-20-16(25)11-17(28-2)12(19(20)22)10-15(13)24;;/h11,13-15,21,23,25H,3-10H2,1-2H3,(H,26,27);2*1H/t13-,14+,15+,21-,22-;;/m0../s1. The van der Waals surface area contributed by atoms with Crippen molar-refractivity contribution in [2.24, 2.45) is 5.92 Å². The van der Waals surface area contributed by atoms with E-state index in [1.807, 2.05) is 0 Å². The Balaban J connectivity index is 0.00000136. The number of nitrogens with zero attached hydrogens (tertiary/aromatic N) is 1. The summed E-state index contributed by atoms with van der Waals surface area (Å²) in [6.45, 7) is 1.68. The minimum Gasteiger partial charge on any atom is -0.504 e. The first-order chi connectivity index (χ1) is 14.0. The molecule has 9 heteroatoms. The Kier molecular flexibility index (Phi) is 6.92. The maximum atomic E-state index is 10.8. The molecule has 174 valence electrons. The zero-order valence-corrected chi connectivity index (χ0v) is 19.6. The molecule has 1 saturated carbocycles. The molecule has 0 unspecified atom stereocenters. The second kappa shape index (κ2) is 8.85. The summed E-state index contributed by atoms with van der Waals surface area (Å²) in [4.78, 5) is 13.3. The van der Waals surface area contributed by atoms with Crippen molar-refractivity contribution in [2.75, 3.05) is 27.2 Å². The van der Waals surface area contributed by atoms with E-state index in [0.717, 1.165) is 38.0 Å². The van der Waals surface area contributed by atoms with E-state index in [0.29, 0.717) is 30.7 Å². The van der Waals surface area contributed by atoms with Crippen molar-refractivity contribution in [3.63, 3.8) is 0 Å². The second-order valence-corrected chi connectivity index (χ2v) is 9.10. The number of carboxylic acid groups (broad SMARTS) is 1. The number of phenolic OH excluding ortho intramolecular Hbond substituents is 1. The van der Waals surface area contributed by atoms with Crippen LogP contribution in [-0.2, 0) is 16.6 Å². The summed E-state index contributed by atoms with van der Waals surface area (Å²) in [6, 6.07) is 2.32. The molecule has 3 N–H and O–H groups in total. The minimum atomic E-state index is -0.759. The van der Waals surface area contributed by atoms with E-state index < -0.39 is 5.97 Å². The second-order valence-electron chi connectivity index (χ2n) is 9.10. The van der Waals surface area contributed by atoms with Crippen LogP contribution in [0.5, 0.6) is 17.2 Å². The number of hydrogen-bond donors (Lipinski definition) is 3. The molecule has 31 heavy (non-hydrogen) atoms. The molecule has 0 amide bonds. The molecule has 1 aromatic carbocycles. The van der Waals surface area contributed by atoms with Gasteiger partial charge in [0.05, 0.1) is 7.11 Å². The van der Waals surface area contributed by atoms with E-state index in [4.69, 9.17) is 14.6 Å². The van der Waals surface area contributed by atoms with Gasteiger partial charge in [0.25, 0.3) is 0 Å². The highest BCUT2D eigenvalue weighted by Gasteiger charge is 2.65. The van der Waals surface area contributed by atoms with Crippen molar-refractivity contribution in [1.29, 1.82) is 0 Å². The topological polar surface area (TPSA) is 91.3 Å². The Labute approximate surface area is 195 Å². The van der Waals surface area contributed by atoms with E-state index >= 15 is 0 Å². The summed E-state index contributed by atoms with van der Waals surface area (Å²) in [5.41, 5.74) is 2.28. The average molecular weight is 475 g/mol. The lowest BCUT2D eigenvalue weighted by Crippen LogP contribution is -2.68. The smallest absolute Gasteiger partial charge is 0.303 e. The molecule has 0 aromatic heterocycles. The summed E-state index contributed by atoms with van der Waals surface area (Å²) < 4.78 is 12.2. The summed E-state index contributed by atoms with van der Waals surface area (Å²) in [5, 5.41) is 23.2. The van der Waals surface area contributed by atoms with E-state index in [-0.39, 0.29) is 54.5 Å².